The van der Waals surface area contributed by atoms with Crippen molar-refractivity contribution in [3.8, 4) is 0 Å². The van der Waals surface area contributed by atoms with E-state index in [2.05, 4.69) is 30.9 Å². The first kappa shape index (κ1) is 29.8. The molecular formula is C26H33N7O7. The minimum atomic E-state index is -1.60. The molecule has 14 heteroatoms. The van der Waals surface area contributed by atoms with Crippen molar-refractivity contribution < 1.29 is 34.2 Å². The van der Waals surface area contributed by atoms with E-state index in [4.69, 9.17) is 5.73 Å². The summed E-state index contributed by atoms with van der Waals surface area (Å²) < 4.78 is 0. The number of carboxylic acid groups (broad SMARTS) is 2. The molecular weight excluding hydrogens is 522 g/mol. The van der Waals surface area contributed by atoms with E-state index in [1.165, 1.54) is 12.5 Å². The third kappa shape index (κ3) is 7.89. The number of amides is 3. The van der Waals surface area contributed by atoms with E-state index in [9.17, 15) is 34.2 Å². The number of carboxylic acids is 2. The average molecular weight is 556 g/mol. The number of aromatic amines is 2. The van der Waals surface area contributed by atoms with Gasteiger partial charge in [0, 0.05) is 35.4 Å². The number of aliphatic carboxylic acids is 2. The smallest absolute Gasteiger partial charge is 0.326 e. The Hall–Kier alpha value is -4.72. The fraction of sp³-hybridized carbons (Fsp3) is 0.385. The van der Waals surface area contributed by atoms with Crippen molar-refractivity contribution in [3.05, 3.63) is 54.2 Å². The molecule has 40 heavy (non-hydrogen) atoms. The lowest BCUT2D eigenvalue weighted by Gasteiger charge is -2.26. The molecule has 3 aromatic rings. The van der Waals surface area contributed by atoms with Crippen LogP contribution >= 0.6 is 0 Å². The number of aromatic nitrogens is 3. The molecule has 1 aromatic carbocycles. The van der Waals surface area contributed by atoms with Gasteiger partial charge in [0.05, 0.1) is 18.8 Å². The van der Waals surface area contributed by atoms with E-state index in [1.807, 2.05) is 24.3 Å². The predicted octanol–water partition coefficient (Wildman–Crippen LogP) is -0.327. The van der Waals surface area contributed by atoms with Gasteiger partial charge in [0.25, 0.3) is 0 Å². The van der Waals surface area contributed by atoms with Crippen LogP contribution in [0.2, 0.25) is 0 Å². The molecule has 3 rings (SSSR count). The van der Waals surface area contributed by atoms with Crippen LogP contribution in [0.5, 0.6) is 0 Å². The number of rotatable bonds is 14. The Labute approximate surface area is 229 Å². The van der Waals surface area contributed by atoms with Crippen LogP contribution in [0.3, 0.4) is 0 Å². The molecule has 0 saturated carbocycles. The second kappa shape index (κ2) is 13.4. The number of H-pyrrole nitrogens is 2. The first-order valence-electron chi connectivity index (χ1n) is 12.6. The third-order valence-electron chi connectivity index (χ3n) is 6.30. The SMILES string of the molecule is CC(C)C(NC(=O)C(N)Cc1c[nH]c2ccccc12)C(=O)NC(CC(=O)O)C(=O)NC(Cc1cnc[nH]1)C(=O)O. The number of fused-ring (bicyclic) bond motifs is 1. The minimum Gasteiger partial charge on any atom is -0.481 e. The van der Waals surface area contributed by atoms with Crippen molar-refractivity contribution >= 4 is 40.6 Å². The van der Waals surface area contributed by atoms with Crippen molar-refractivity contribution in [1.82, 2.24) is 30.9 Å². The highest BCUT2D eigenvalue weighted by atomic mass is 16.4. The molecule has 0 aliphatic heterocycles. The van der Waals surface area contributed by atoms with Crippen molar-refractivity contribution in [1.29, 1.82) is 0 Å². The number of para-hydroxylation sites is 1. The monoisotopic (exact) mass is 555 g/mol. The predicted molar refractivity (Wildman–Crippen MR) is 143 cm³/mol. The molecule has 14 nitrogen and oxygen atoms in total. The van der Waals surface area contributed by atoms with Crippen molar-refractivity contribution in [2.75, 3.05) is 0 Å². The van der Waals surface area contributed by atoms with Crippen LogP contribution in [0.1, 0.15) is 31.5 Å². The Balaban J connectivity index is 1.67. The zero-order valence-electron chi connectivity index (χ0n) is 22.0. The molecule has 3 amide bonds. The van der Waals surface area contributed by atoms with Gasteiger partial charge in [-0.05, 0) is 24.0 Å². The molecule has 0 spiro atoms. The number of nitrogens with zero attached hydrogens (tertiary/aromatic N) is 1. The van der Waals surface area contributed by atoms with Gasteiger partial charge in [-0.25, -0.2) is 9.78 Å². The van der Waals surface area contributed by atoms with Crippen LogP contribution in [0.25, 0.3) is 10.9 Å². The summed E-state index contributed by atoms with van der Waals surface area (Å²) in [4.78, 5) is 71.7. The van der Waals surface area contributed by atoms with Crippen LogP contribution < -0.4 is 21.7 Å². The normalized spacial score (nSPS) is 14.2. The number of carbonyl (C=O) groups excluding carboxylic acids is 3. The lowest BCUT2D eigenvalue weighted by molar-refractivity contribution is -0.143. The van der Waals surface area contributed by atoms with Crippen molar-refractivity contribution in [2.45, 2.75) is 57.3 Å². The second-order valence-corrected chi connectivity index (χ2v) is 9.74. The highest BCUT2D eigenvalue weighted by Gasteiger charge is 2.33. The first-order valence-corrected chi connectivity index (χ1v) is 12.6. The Morgan fingerprint density at radius 3 is 2.25 bits per heavy atom. The van der Waals surface area contributed by atoms with Crippen LogP contribution in [0, 0.1) is 5.92 Å². The molecule has 0 saturated heterocycles. The number of nitrogens with two attached hydrogens (primary N) is 1. The number of imidazole rings is 1. The summed E-state index contributed by atoms with van der Waals surface area (Å²) in [6, 6.07) is 2.37. The summed E-state index contributed by atoms with van der Waals surface area (Å²) in [6.45, 7) is 3.32. The van der Waals surface area contributed by atoms with E-state index in [0.29, 0.717) is 5.69 Å². The minimum absolute atomic E-state index is 0.145. The van der Waals surface area contributed by atoms with E-state index in [1.54, 1.807) is 20.0 Å². The van der Waals surface area contributed by atoms with E-state index in [0.717, 1.165) is 16.5 Å². The maximum atomic E-state index is 13.1. The number of hydrogen-bond acceptors (Lipinski definition) is 7. The Kier molecular flexibility index (Phi) is 9.97. The van der Waals surface area contributed by atoms with Gasteiger partial charge in [0.2, 0.25) is 17.7 Å². The third-order valence-corrected chi connectivity index (χ3v) is 6.30. The molecule has 2 aromatic heterocycles. The highest BCUT2D eigenvalue weighted by molar-refractivity contribution is 5.96. The van der Waals surface area contributed by atoms with Crippen molar-refractivity contribution in [2.24, 2.45) is 11.7 Å². The maximum absolute atomic E-state index is 13.1. The lowest BCUT2D eigenvalue weighted by atomic mass is 10.0. The fourth-order valence-corrected chi connectivity index (χ4v) is 4.16. The summed E-state index contributed by atoms with van der Waals surface area (Å²) in [5.41, 5.74) is 8.28. The zero-order chi connectivity index (χ0) is 29.4. The molecule has 2 heterocycles. The molecule has 4 atom stereocenters. The summed E-state index contributed by atoms with van der Waals surface area (Å²) in [5, 5.41) is 26.9. The fourth-order valence-electron chi connectivity index (χ4n) is 4.16. The van der Waals surface area contributed by atoms with Gasteiger partial charge < -0.3 is 41.9 Å². The molecule has 214 valence electrons. The van der Waals surface area contributed by atoms with Gasteiger partial charge >= 0.3 is 11.9 Å². The Morgan fingerprint density at radius 1 is 0.925 bits per heavy atom. The van der Waals surface area contributed by atoms with Crippen LogP contribution in [-0.4, -0.2) is 79.0 Å². The maximum Gasteiger partial charge on any atom is 0.326 e. The summed E-state index contributed by atoms with van der Waals surface area (Å²) >= 11 is 0. The van der Waals surface area contributed by atoms with Crippen LogP contribution in [0.4, 0.5) is 0 Å². The standard InChI is InChI=1S/C26H33N7O7/c1-13(2)22(33-23(36)17(27)7-14-10-29-18-6-4-3-5-16(14)18)25(38)31-19(9-21(34)35)24(37)32-20(26(39)40)8-15-11-28-12-30-15/h3-6,10-13,17,19-20,22,29H,7-9,27H2,1-2H3,(H,28,30)(H,31,38)(H,32,37)(H,33,36)(H,34,35)(H,39,40). The number of nitrogens with one attached hydrogen (secondary N) is 5. The molecule has 0 radical (unpaired) electrons. The topological polar surface area (TPSA) is 232 Å². The molecule has 0 fully saturated rings. The molecule has 0 aliphatic carbocycles. The van der Waals surface area contributed by atoms with E-state index < -0.39 is 66.2 Å². The largest absolute Gasteiger partial charge is 0.481 e. The summed E-state index contributed by atoms with van der Waals surface area (Å²) in [6.07, 6.45) is 3.73. The highest BCUT2D eigenvalue weighted by Crippen LogP contribution is 2.19. The summed E-state index contributed by atoms with van der Waals surface area (Å²) in [7, 11) is 0. The molecule has 0 aliphatic rings. The Morgan fingerprint density at radius 2 is 1.62 bits per heavy atom. The number of hydrogen-bond donors (Lipinski definition) is 8. The van der Waals surface area contributed by atoms with Gasteiger partial charge in [-0.15, -0.1) is 0 Å². The number of carbonyl (C=O) groups is 5. The van der Waals surface area contributed by atoms with Gasteiger partial charge in [-0.1, -0.05) is 32.0 Å². The summed E-state index contributed by atoms with van der Waals surface area (Å²) in [5.74, 6) is -5.64. The van der Waals surface area contributed by atoms with Gasteiger partial charge in [0.1, 0.15) is 18.1 Å². The van der Waals surface area contributed by atoms with Crippen LogP contribution in [-0.2, 0) is 36.8 Å². The average Bonchev–Trinajstić information content (AvgIpc) is 3.55. The lowest BCUT2D eigenvalue weighted by Crippen LogP contribution is -2.59. The van der Waals surface area contributed by atoms with Gasteiger partial charge in [0.15, 0.2) is 0 Å². The molecule has 0 bridgehead atoms. The second-order valence-electron chi connectivity index (χ2n) is 9.74. The van der Waals surface area contributed by atoms with E-state index >= 15 is 0 Å². The first-order chi connectivity index (χ1) is 19.0. The van der Waals surface area contributed by atoms with Gasteiger partial charge in [-0.3, -0.25) is 19.2 Å². The molecule has 9 N–H and O–H groups in total. The quantitative estimate of drug-likeness (QED) is 0.130. The van der Waals surface area contributed by atoms with Crippen LogP contribution in [0.15, 0.2) is 43.0 Å². The zero-order valence-corrected chi connectivity index (χ0v) is 22.0. The van der Waals surface area contributed by atoms with Crippen molar-refractivity contribution in [3.63, 3.8) is 0 Å². The molecule has 4 unspecified atom stereocenters. The Bertz CT molecular complexity index is 1350. The number of benzene rings is 1. The van der Waals surface area contributed by atoms with E-state index in [-0.39, 0.29) is 12.8 Å². The van der Waals surface area contributed by atoms with Gasteiger partial charge in [-0.2, -0.15) is 0 Å².